The van der Waals surface area contributed by atoms with E-state index in [4.69, 9.17) is 0 Å². The van der Waals surface area contributed by atoms with Gasteiger partial charge in [0.25, 0.3) is 0 Å². The van der Waals surface area contributed by atoms with Crippen LogP contribution in [0.1, 0.15) is 35.4 Å². The largest absolute Gasteiger partial charge is 0.322 e. The zero-order chi connectivity index (χ0) is 17.2. The minimum absolute atomic E-state index is 0. The van der Waals surface area contributed by atoms with Gasteiger partial charge in [0, 0.05) is 24.0 Å². The Morgan fingerprint density at radius 2 is 1.88 bits per heavy atom. The molecular formula is C19H22ClFN4O. The SMILES string of the molecule is Cl.O=C(Nc1ccc(C2CCNCC2)cc1)N1Cc2cncc(F)c2C1. The third kappa shape index (κ3) is 3.81. The van der Waals surface area contributed by atoms with Crippen molar-refractivity contribution in [1.82, 2.24) is 15.2 Å². The fourth-order valence-corrected chi connectivity index (χ4v) is 3.61. The van der Waals surface area contributed by atoms with E-state index in [0.29, 0.717) is 18.0 Å². The summed E-state index contributed by atoms with van der Waals surface area (Å²) in [4.78, 5) is 17.9. The lowest BCUT2D eigenvalue weighted by Crippen LogP contribution is -2.30. The maximum absolute atomic E-state index is 13.8. The van der Waals surface area contributed by atoms with Crippen LogP contribution in [0.3, 0.4) is 0 Å². The molecule has 0 unspecified atom stereocenters. The van der Waals surface area contributed by atoms with Crippen molar-refractivity contribution in [2.45, 2.75) is 31.8 Å². The van der Waals surface area contributed by atoms with Gasteiger partial charge >= 0.3 is 6.03 Å². The third-order valence-electron chi connectivity index (χ3n) is 5.06. The van der Waals surface area contributed by atoms with E-state index in [9.17, 15) is 9.18 Å². The minimum Gasteiger partial charge on any atom is -0.317 e. The summed E-state index contributed by atoms with van der Waals surface area (Å²) in [6.07, 6.45) is 5.12. The van der Waals surface area contributed by atoms with Gasteiger partial charge in [-0.2, -0.15) is 0 Å². The number of carbonyl (C=O) groups is 1. The van der Waals surface area contributed by atoms with E-state index in [1.807, 2.05) is 12.1 Å². The molecule has 0 atom stereocenters. The highest BCUT2D eigenvalue weighted by Crippen LogP contribution is 2.27. The van der Waals surface area contributed by atoms with Gasteiger partial charge in [-0.05, 0) is 55.1 Å². The standard InChI is InChI=1S/C19H21FN4O.ClH/c20-18-10-22-9-15-11-24(12-17(15)18)19(25)23-16-3-1-13(2-4-16)14-5-7-21-8-6-14;/h1-4,9-10,14,21H,5-8,11-12H2,(H,23,25);1H. The molecule has 2 aromatic rings. The molecule has 1 saturated heterocycles. The highest BCUT2D eigenvalue weighted by atomic mass is 35.5. The van der Waals surface area contributed by atoms with Gasteiger partial charge in [0.1, 0.15) is 5.82 Å². The summed E-state index contributed by atoms with van der Waals surface area (Å²) in [6, 6.07) is 7.86. The number of benzene rings is 1. The number of fused-ring (bicyclic) bond motifs is 1. The number of nitrogens with zero attached hydrogens (tertiary/aromatic N) is 2. The second kappa shape index (κ2) is 8.01. The number of anilines is 1. The van der Waals surface area contributed by atoms with Crippen LogP contribution in [0.25, 0.3) is 0 Å². The van der Waals surface area contributed by atoms with E-state index in [2.05, 4.69) is 27.8 Å². The average Bonchev–Trinajstić information content (AvgIpc) is 3.09. The van der Waals surface area contributed by atoms with Gasteiger partial charge < -0.3 is 15.5 Å². The molecule has 7 heteroatoms. The average molecular weight is 377 g/mol. The fourth-order valence-electron chi connectivity index (χ4n) is 3.61. The molecule has 138 valence electrons. The molecule has 0 spiro atoms. The Bertz CT molecular complexity index is 778. The Labute approximate surface area is 158 Å². The van der Waals surface area contributed by atoms with Crippen molar-refractivity contribution >= 4 is 24.1 Å². The molecule has 2 aliphatic heterocycles. The van der Waals surface area contributed by atoms with Crippen molar-refractivity contribution in [2.75, 3.05) is 18.4 Å². The molecular weight excluding hydrogens is 355 g/mol. The highest BCUT2D eigenvalue weighted by molar-refractivity contribution is 5.89. The number of rotatable bonds is 2. The number of hydrogen-bond acceptors (Lipinski definition) is 3. The summed E-state index contributed by atoms with van der Waals surface area (Å²) in [5.41, 5.74) is 3.42. The molecule has 5 nitrogen and oxygen atoms in total. The normalized spacial score (nSPS) is 16.7. The molecule has 0 bridgehead atoms. The van der Waals surface area contributed by atoms with Crippen molar-refractivity contribution < 1.29 is 9.18 Å². The number of hydrogen-bond donors (Lipinski definition) is 2. The van der Waals surface area contributed by atoms with Crippen LogP contribution in [-0.4, -0.2) is 29.0 Å². The number of nitrogens with one attached hydrogen (secondary N) is 2. The zero-order valence-electron chi connectivity index (χ0n) is 14.4. The Morgan fingerprint density at radius 1 is 1.15 bits per heavy atom. The monoisotopic (exact) mass is 376 g/mol. The van der Waals surface area contributed by atoms with Crippen molar-refractivity contribution in [3.05, 3.63) is 59.2 Å². The summed E-state index contributed by atoms with van der Waals surface area (Å²) in [5.74, 6) is 0.244. The first-order valence-corrected chi connectivity index (χ1v) is 8.68. The molecule has 2 aliphatic rings. The quantitative estimate of drug-likeness (QED) is 0.841. The highest BCUT2D eigenvalue weighted by Gasteiger charge is 2.26. The summed E-state index contributed by atoms with van der Waals surface area (Å²) in [7, 11) is 0. The smallest absolute Gasteiger partial charge is 0.317 e. The van der Waals surface area contributed by atoms with Gasteiger partial charge in [0.2, 0.25) is 0 Å². The molecule has 1 aromatic heterocycles. The Morgan fingerprint density at radius 3 is 2.58 bits per heavy atom. The van der Waals surface area contributed by atoms with Crippen LogP contribution < -0.4 is 10.6 Å². The van der Waals surface area contributed by atoms with E-state index in [1.165, 1.54) is 11.8 Å². The van der Waals surface area contributed by atoms with Gasteiger partial charge in [-0.3, -0.25) is 4.98 Å². The first-order chi connectivity index (χ1) is 12.2. The molecule has 2 amide bonds. The van der Waals surface area contributed by atoms with Crippen molar-refractivity contribution in [2.24, 2.45) is 0 Å². The molecule has 4 rings (SSSR count). The summed E-state index contributed by atoms with van der Waals surface area (Å²) < 4.78 is 13.8. The van der Waals surface area contributed by atoms with Crippen molar-refractivity contribution in [3.63, 3.8) is 0 Å². The number of pyridine rings is 1. The summed E-state index contributed by atoms with van der Waals surface area (Å²) in [6.45, 7) is 2.79. The van der Waals surface area contributed by atoms with Gasteiger partial charge in [-0.15, -0.1) is 12.4 Å². The van der Waals surface area contributed by atoms with Crippen molar-refractivity contribution in [1.29, 1.82) is 0 Å². The van der Waals surface area contributed by atoms with Gasteiger partial charge in [-0.25, -0.2) is 9.18 Å². The maximum Gasteiger partial charge on any atom is 0.322 e. The molecule has 0 aliphatic carbocycles. The number of carbonyl (C=O) groups excluding carboxylic acids is 1. The second-order valence-electron chi connectivity index (χ2n) is 6.69. The van der Waals surface area contributed by atoms with Crippen LogP contribution >= 0.6 is 12.4 Å². The Kier molecular flexibility index (Phi) is 5.74. The lowest BCUT2D eigenvalue weighted by atomic mass is 9.90. The molecule has 1 aromatic carbocycles. The van der Waals surface area contributed by atoms with E-state index >= 15 is 0 Å². The van der Waals surface area contributed by atoms with Gasteiger partial charge in [0.05, 0.1) is 12.7 Å². The van der Waals surface area contributed by atoms with E-state index < -0.39 is 0 Å². The molecule has 0 radical (unpaired) electrons. The lowest BCUT2D eigenvalue weighted by molar-refractivity contribution is 0.212. The predicted molar refractivity (Wildman–Crippen MR) is 101 cm³/mol. The maximum atomic E-state index is 13.8. The van der Waals surface area contributed by atoms with E-state index in [0.717, 1.165) is 37.2 Å². The Balaban J connectivity index is 0.00000196. The first kappa shape index (κ1) is 18.6. The zero-order valence-corrected chi connectivity index (χ0v) is 15.2. The summed E-state index contributed by atoms with van der Waals surface area (Å²) in [5, 5.41) is 6.27. The van der Waals surface area contributed by atoms with Crippen LogP contribution in [0.4, 0.5) is 14.9 Å². The first-order valence-electron chi connectivity index (χ1n) is 8.68. The van der Waals surface area contributed by atoms with E-state index in [1.54, 1.807) is 11.1 Å². The number of amides is 2. The van der Waals surface area contributed by atoms with Crippen LogP contribution in [0.5, 0.6) is 0 Å². The molecule has 3 heterocycles. The molecule has 2 N–H and O–H groups in total. The summed E-state index contributed by atoms with van der Waals surface area (Å²) >= 11 is 0. The van der Waals surface area contributed by atoms with Crippen LogP contribution in [0.2, 0.25) is 0 Å². The number of aromatic nitrogens is 1. The van der Waals surface area contributed by atoms with Crippen LogP contribution in [0, 0.1) is 5.82 Å². The Hall–Kier alpha value is -2.18. The van der Waals surface area contributed by atoms with Crippen LogP contribution in [-0.2, 0) is 13.1 Å². The van der Waals surface area contributed by atoms with E-state index in [-0.39, 0.29) is 30.8 Å². The molecule has 0 saturated carbocycles. The van der Waals surface area contributed by atoms with Crippen molar-refractivity contribution in [3.8, 4) is 0 Å². The second-order valence-corrected chi connectivity index (χ2v) is 6.69. The lowest BCUT2D eigenvalue weighted by Gasteiger charge is -2.23. The number of halogens is 2. The molecule has 26 heavy (non-hydrogen) atoms. The minimum atomic E-state index is -0.348. The van der Waals surface area contributed by atoms with Gasteiger partial charge in [0.15, 0.2) is 0 Å². The van der Waals surface area contributed by atoms with Crippen LogP contribution in [0.15, 0.2) is 36.7 Å². The molecule has 1 fully saturated rings. The number of piperidine rings is 1. The predicted octanol–water partition coefficient (Wildman–Crippen LogP) is 3.66. The third-order valence-corrected chi connectivity index (χ3v) is 5.06. The number of urea groups is 1. The topological polar surface area (TPSA) is 57.3 Å². The van der Waals surface area contributed by atoms with Gasteiger partial charge in [-0.1, -0.05) is 12.1 Å². The fraction of sp³-hybridized carbons (Fsp3) is 0.368.